The lowest BCUT2D eigenvalue weighted by Crippen LogP contribution is -2.44. The van der Waals surface area contributed by atoms with Crippen molar-refractivity contribution in [1.82, 2.24) is 0 Å². The summed E-state index contributed by atoms with van der Waals surface area (Å²) in [7, 11) is 0. The predicted molar refractivity (Wildman–Crippen MR) is 72.1 cm³/mol. The van der Waals surface area contributed by atoms with Crippen molar-refractivity contribution in [2.24, 2.45) is 5.41 Å². The van der Waals surface area contributed by atoms with E-state index in [2.05, 4.69) is 0 Å². The Hall–Kier alpha value is -2.35. The molecule has 0 spiro atoms. The molecule has 0 N–H and O–H groups in total. The van der Waals surface area contributed by atoms with Gasteiger partial charge in [-0.05, 0) is 48.8 Å². The molecule has 2 rings (SSSR count). The summed E-state index contributed by atoms with van der Waals surface area (Å²) in [4.78, 5) is 12.0. The van der Waals surface area contributed by atoms with Gasteiger partial charge in [0, 0.05) is 0 Å². The van der Waals surface area contributed by atoms with Crippen molar-refractivity contribution in [1.29, 1.82) is 5.26 Å². The second-order valence-electron chi connectivity index (χ2n) is 5.12. The first-order chi connectivity index (χ1) is 9.70. The van der Waals surface area contributed by atoms with Crippen LogP contribution in [0.1, 0.15) is 25.0 Å². The molecular formula is C16H12F3NO. The van der Waals surface area contributed by atoms with Crippen molar-refractivity contribution < 1.29 is 18.0 Å². The third-order valence-corrected chi connectivity index (χ3v) is 3.65. The van der Waals surface area contributed by atoms with Gasteiger partial charge in [-0.3, -0.25) is 4.79 Å². The largest absolute Gasteiger partial charge is 0.405 e. The highest BCUT2D eigenvalue weighted by Crippen LogP contribution is 2.51. The van der Waals surface area contributed by atoms with E-state index in [4.69, 9.17) is 5.26 Å². The van der Waals surface area contributed by atoms with Crippen LogP contribution in [0.25, 0.3) is 5.57 Å². The summed E-state index contributed by atoms with van der Waals surface area (Å²) in [6.45, 7) is 2.47. The Kier molecular flexibility index (Phi) is 3.50. The molecule has 5 heteroatoms. The number of rotatable bonds is 1. The van der Waals surface area contributed by atoms with Gasteiger partial charge in [0.05, 0.1) is 11.6 Å². The molecule has 0 radical (unpaired) electrons. The number of benzene rings is 1. The molecule has 2 nitrogen and oxygen atoms in total. The van der Waals surface area contributed by atoms with Gasteiger partial charge >= 0.3 is 6.18 Å². The number of alkyl halides is 3. The quantitative estimate of drug-likeness (QED) is 0.783. The molecule has 1 aromatic rings. The maximum Gasteiger partial charge on any atom is 0.405 e. The lowest BCUT2D eigenvalue weighted by molar-refractivity contribution is -0.195. The molecule has 108 valence electrons. The molecule has 1 atom stereocenters. The minimum Gasteiger partial charge on any atom is -0.293 e. The second-order valence-corrected chi connectivity index (χ2v) is 5.12. The van der Waals surface area contributed by atoms with E-state index < -0.39 is 17.4 Å². The summed E-state index contributed by atoms with van der Waals surface area (Å²) in [5.41, 5.74) is -1.55. The SMILES string of the molecule is CC1=CC(=O)C(C)(C(F)(F)F)C(c2ccc(C#N)cc2)=C1. The number of nitrogens with zero attached hydrogens (tertiary/aromatic N) is 1. The minimum absolute atomic E-state index is 0.0931. The summed E-state index contributed by atoms with van der Waals surface area (Å²) in [5.74, 6) is -0.977. The fourth-order valence-electron chi connectivity index (χ4n) is 2.29. The number of hydrogen-bond donors (Lipinski definition) is 0. The van der Waals surface area contributed by atoms with Crippen LogP contribution in [0.3, 0.4) is 0 Å². The Labute approximate surface area is 120 Å². The molecule has 0 bridgehead atoms. The molecule has 0 aromatic heterocycles. The van der Waals surface area contributed by atoms with Crippen LogP contribution in [0.5, 0.6) is 0 Å². The van der Waals surface area contributed by atoms with Crippen LogP contribution in [0.4, 0.5) is 13.2 Å². The van der Waals surface area contributed by atoms with Gasteiger partial charge < -0.3 is 0 Å². The van der Waals surface area contributed by atoms with E-state index in [9.17, 15) is 18.0 Å². The zero-order valence-electron chi connectivity index (χ0n) is 11.5. The smallest absolute Gasteiger partial charge is 0.293 e. The van der Waals surface area contributed by atoms with Crippen LogP contribution < -0.4 is 0 Å². The first kappa shape index (κ1) is 15.0. The standard InChI is InChI=1S/C16H12F3NO/c1-10-7-13(12-5-3-11(9-20)4-6-12)15(2,14(21)8-10)16(17,18)19/h3-8H,1-2H3. The van der Waals surface area contributed by atoms with Crippen molar-refractivity contribution in [3.8, 4) is 6.07 Å². The van der Waals surface area contributed by atoms with Crippen LogP contribution >= 0.6 is 0 Å². The molecule has 1 unspecified atom stereocenters. The number of halogens is 3. The average molecular weight is 291 g/mol. The van der Waals surface area contributed by atoms with Crippen molar-refractivity contribution in [2.75, 3.05) is 0 Å². The summed E-state index contributed by atoms with van der Waals surface area (Å²) in [6.07, 6.45) is -2.31. The molecule has 0 saturated carbocycles. The molecule has 1 aliphatic carbocycles. The topological polar surface area (TPSA) is 40.9 Å². The number of carbonyl (C=O) groups is 1. The van der Waals surface area contributed by atoms with E-state index >= 15 is 0 Å². The van der Waals surface area contributed by atoms with Gasteiger partial charge in [-0.25, -0.2) is 0 Å². The summed E-state index contributed by atoms with van der Waals surface area (Å²) in [6, 6.07) is 7.64. The first-order valence-electron chi connectivity index (χ1n) is 6.22. The van der Waals surface area contributed by atoms with Crippen molar-refractivity contribution in [3.63, 3.8) is 0 Å². The fraction of sp³-hybridized carbons (Fsp3) is 0.250. The summed E-state index contributed by atoms with van der Waals surface area (Å²) < 4.78 is 40.3. The van der Waals surface area contributed by atoms with Gasteiger partial charge in [0.2, 0.25) is 0 Å². The lowest BCUT2D eigenvalue weighted by atomic mass is 9.71. The van der Waals surface area contributed by atoms with E-state index in [1.165, 1.54) is 30.3 Å². The van der Waals surface area contributed by atoms with Gasteiger partial charge in [0.25, 0.3) is 0 Å². The Morgan fingerprint density at radius 2 is 1.71 bits per heavy atom. The Balaban J connectivity index is 2.63. The third-order valence-electron chi connectivity index (χ3n) is 3.65. The van der Waals surface area contributed by atoms with Crippen molar-refractivity contribution >= 4 is 11.4 Å². The zero-order chi connectivity index (χ0) is 15.8. The number of hydrogen-bond acceptors (Lipinski definition) is 2. The minimum atomic E-state index is -4.69. The van der Waals surface area contributed by atoms with E-state index in [0.717, 1.165) is 13.0 Å². The highest BCUT2D eigenvalue weighted by Gasteiger charge is 2.58. The van der Waals surface area contributed by atoms with E-state index in [1.54, 1.807) is 6.92 Å². The van der Waals surface area contributed by atoms with Crippen molar-refractivity contribution in [2.45, 2.75) is 20.0 Å². The highest BCUT2D eigenvalue weighted by atomic mass is 19.4. The number of carbonyl (C=O) groups excluding carboxylic acids is 1. The molecule has 0 aliphatic heterocycles. The van der Waals surface area contributed by atoms with E-state index in [1.807, 2.05) is 6.07 Å². The Morgan fingerprint density at radius 3 is 2.19 bits per heavy atom. The summed E-state index contributed by atoms with van der Waals surface area (Å²) in [5, 5.41) is 8.75. The maximum absolute atomic E-state index is 13.4. The van der Waals surface area contributed by atoms with Gasteiger partial charge in [-0.15, -0.1) is 0 Å². The third kappa shape index (κ3) is 2.38. The lowest BCUT2D eigenvalue weighted by Gasteiger charge is -2.34. The highest BCUT2D eigenvalue weighted by molar-refractivity contribution is 6.07. The molecule has 0 amide bonds. The monoisotopic (exact) mass is 291 g/mol. The molecular weight excluding hydrogens is 279 g/mol. The maximum atomic E-state index is 13.4. The number of ketones is 1. The van der Waals surface area contributed by atoms with Crippen molar-refractivity contribution in [3.05, 3.63) is 53.1 Å². The zero-order valence-corrected chi connectivity index (χ0v) is 11.5. The number of nitriles is 1. The number of allylic oxidation sites excluding steroid dienone is 4. The van der Waals surface area contributed by atoms with Gasteiger partial charge in [-0.1, -0.05) is 18.2 Å². The van der Waals surface area contributed by atoms with E-state index in [-0.39, 0.29) is 11.1 Å². The Bertz CT molecular complexity index is 690. The molecule has 21 heavy (non-hydrogen) atoms. The van der Waals surface area contributed by atoms with Crippen LogP contribution in [-0.4, -0.2) is 12.0 Å². The molecule has 0 heterocycles. The van der Waals surface area contributed by atoms with Gasteiger partial charge in [0.1, 0.15) is 0 Å². The summed E-state index contributed by atoms with van der Waals surface area (Å²) >= 11 is 0. The molecule has 1 aromatic carbocycles. The van der Waals surface area contributed by atoms with Crippen LogP contribution in [0.15, 0.2) is 42.0 Å². The second kappa shape index (κ2) is 4.88. The van der Waals surface area contributed by atoms with Gasteiger partial charge in [-0.2, -0.15) is 18.4 Å². The predicted octanol–water partition coefficient (Wildman–Crippen LogP) is 4.04. The molecule has 0 saturated heterocycles. The fourth-order valence-corrected chi connectivity index (χ4v) is 2.29. The average Bonchev–Trinajstić information content (AvgIpc) is 2.41. The molecule has 1 aliphatic rings. The van der Waals surface area contributed by atoms with Crippen LogP contribution in [0.2, 0.25) is 0 Å². The molecule has 0 fully saturated rings. The normalized spacial score (nSPS) is 22.4. The first-order valence-corrected chi connectivity index (χ1v) is 6.22. The Morgan fingerprint density at radius 1 is 1.14 bits per heavy atom. The van der Waals surface area contributed by atoms with Crippen LogP contribution in [-0.2, 0) is 4.79 Å². The van der Waals surface area contributed by atoms with E-state index in [0.29, 0.717) is 11.1 Å². The van der Waals surface area contributed by atoms with Gasteiger partial charge in [0.15, 0.2) is 11.2 Å². The van der Waals surface area contributed by atoms with Crippen LogP contribution in [0, 0.1) is 16.7 Å².